The standard InChI is InChI=1S/C33H33FO5/c1-32(2)12-4-5-26(32)24-15-20(6-9-23(24)25-16-21(37-3)7-10-29(25)34)19-39-22-8-11-30-27(17-22)33(13-14-38-30)18-28(33)31(35)36/h5-11,15-17,28H,4,12-14,18-19H2,1-3H3,(H,35,36)/t28-,33+/m0/s1. The molecule has 0 unspecified atom stereocenters. The van der Waals surface area contributed by atoms with Crippen molar-refractivity contribution >= 4 is 11.5 Å². The number of hydrogen-bond acceptors (Lipinski definition) is 4. The maximum absolute atomic E-state index is 15.1. The van der Waals surface area contributed by atoms with Crippen molar-refractivity contribution in [3.05, 3.63) is 83.2 Å². The van der Waals surface area contributed by atoms with Gasteiger partial charge in [-0.25, -0.2) is 4.39 Å². The van der Waals surface area contributed by atoms with E-state index >= 15 is 4.39 Å². The van der Waals surface area contributed by atoms with Crippen molar-refractivity contribution in [3.8, 4) is 28.4 Å². The van der Waals surface area contributed by atoms with Gasteiger partial charge in [-0.3, -0.25) is 4.79 Å². The predicted octanol–water partition coefficient (Wildman–Crippen LogP) is 7.41. The van der Waals surface area contributed by atoms with Gasteiger partial charge in [0, 0.05) is 16.5 Å². The number of hydrogen-bond donors (Lipinski definition) is 1. The van der Waals surface area contributed by atoms with Crippen molar-refractivity contribution in [3.63, 3.8) is 0 Å². The first-order valence-corrected chi connectivity index (χ1v) is 13.5. The lowest BCUT2D eigenvalue weighted by molar-refractivity contribution is -0.139. The number of carboxylic acid groups (broad SMARTS) is 1. The predicted molar refractivity (Wildman–Crippen MR) is 148 cm³/mol. The quantitative estimate of drug-likeness (QED) is 0.346. The summed E-state index contributed by atoms with van der Waals surface area (Å²) >= 11 is 0. The fourth-order valence-corrected chi connectivity index (χ4v) is 6.40. The molecule has 2 aliphatic carbocycles. The van der Waals surface area contributed by atoms with Crippen molar-refractivity contribution in [2.24, 2.45) is 11.3 Å². The molecule has 0 amide bonds. The molecule has 5 nitrogen and oxygen atoms in total. The number of allylic oxidation sites excluding steroid dienone is 2. The summed E-state index contributed by atoms with van der Waals surface area (Å²) in [6, 6.07) is 16.6. The van der Waals surface area contributed by atoms with E-state index in [1.165, 1.54) is 11.6 Å². The van der Waals surface area contributed by atoms with E-state index < -0.39 is 5.97 Å². The minimum Gasteiger partial charge on any atom is -0.497 e. The highest BCUT2D eigenvalue weighted by Crippen LogP contribution is 2.61. The van der Waals surface area contributed by atoms with Crippen molar-refractivity contribution in [1.82, 2.24) is 0 Å². The Morgan fingerprint density at radius 2 is 1.85 bits per heavy atom. The molecule has 6 heteroatoms. The Labute approximate surface area is 228 Å². The number of aliphatic carboxylic acids is 1. The fraction of sp³-hybridized carbons (Fsp3) is 0.364. The van der Waals surface area contributed by atoms with Gasteiger partial charge in [-0.1, -0.05) is 32.1 Å². The molecule has 3 aliphatic rings. The molecule has 0 aromatic heterocycles. The topological polar surface area (TPSA) is 65.0 Å². The monoisotopic (exact) mass is 528 g/mol. The molecule has 0 saturated heterocycles. The second-order valence-electron chi connectivity index (χ2n) is 11.6. The molecular weight excluding hydrogens is 495 g/mol. The Morgan fingerprint density at radius 1 is 1.03 bits per heavy atom. The van der Waals surface area contributed by atoms with Crippen LogP contribution in [0.1, 0.15) is 56.2 Å². The van der Waals surface area contributed by atoms with E-state index in [0.717, 1.165) is 40.8 Å². The Kier molecular flexibility index (Phi) is 6.17. The molecule has 0 bridgehead atoms. The molecule has 2 atom stereocenters. The van der Waals surface area contributed by atoms with Gasteiger partial charge in [-0.2, -0.15) is 0 Å². The summed E-state index contributed by atoms with van der Waals surface area (Å²) in [5.41, 5.74) is 5.08. The zero-order chi connectivity index (χ0) is 27.4. The molecule has 0 radical (unpaired) electrons. The molecule has 3 aromatic rings. The zero-order valence-corrected chi connectivity index (χ0v) is 22.6. The summed E-state index contributed by atoms with van der Waals surface area (Å²) in [5.74, 6) is 0.630. The number of carbonyl (C=O) groups is 1. The maximum Gasteiger partial charge on any atom is 0.307 e. The van der Waals surface area contributed by atoms with E-state index in [-0.39, 0.29) is 22.6 Å². The van der Waals surface area contributed by atoms with Gasteiger partial charge in [0.2, 0.25) is 0 Å². The van der Waals surface area contributed by atoms with Crippen molar-refractivity contribution in [1.29, 1.82) is 0 Å². The molecule has 1 fully saturated rings. The lowest BCUT2D eigenvalue weighted by Crippen LogP contribution is -2.24. The molecule has 1 saturated carbocycles. The minimum atomic E-state index is -0.751. The van der Waals surface area contributed by atoms with E-state index in [0.29, 0.717) is 43.1 Å². The Morgan fingerprint density at radius 3 is 2.56 bits per heavy atom. The van der Waals surface area contributed by atoms with Crippen molar-refractivity contribution in [2.45, 2.75) is 51.6 Å². The molecule has 202 valence electrons. The number of halogens is 1. The van der Waals surface area contributed by atoms with Crippen LogP contribution < -0.4 is 14.2 Å². The Hall–Kier alpha value is -3.80. The van der Waals surface area contributed by atoms with Crippen LogP contribution in [0.25, 0.3) is 16.7 Å². The van der Waals surface area contributed by atoms with Gasteiger partial charge in [-0.05, 0) is 95.8 Å². The summed E-state index contributed by atoms with van der Waals surface area (Å²) in [5, 5.41) is 9.61. The van der Waals surface area contributed by atoms with Crippen LogP contribution >= 0.6 is 0 Å². The highest BCUT2D eigenvalue weighted by Gasteiger charge is 2.61. The summed E-state index contributed by atoms with van der Waals surface area (Å²) in [6.07, 6.45) is 5.63. The third-order valence-electron chi connectivity index (χ3n) is 8.76. The average molecular weight is 529 g/mol. The summed E-state index contributed by atoms with van der Waals surface area (Å²) in [6.45, 7) is 5.32. The first kappa shape index (κ1) is 25.5. The first-order valence-electron chi connectivity index (χ1n) is 13.5. The maximum atomic E-state index is 15.1. The van der Waals surface area contributed by atoms with Crippen LogP contribution in [0, 0.1) is 17.2 Å². The molecule has 3 aromatic carbocycles. The number of ether oxygens (including phenoxy) is 3. The highest BCUT2D eigenvalue weighted by molar-refractivity contribution is 5.85. The second kappa shape index (κ2) is 9.44. The van der Waals surface area contributed by atoms with Gasteiger partial charge >= 0.3 is 5.97 Å². The molecule has 1 aliphatic heterocycles. The largest absolute Gasteiger partial charge is 0.497 e. The van der Waals surface area contributed by atoms with Gasteiger partial charge in [-0.15, -0.1) is 0 Å². The third kappa shape index (κ3) is 4.46. The number of benzene rings is 3. The molecule has 39 heavy (non-hydrogen) atoms. The van der Waals surface area contributed by atoms with Gasteiger partial charge in [0.1, 0.15) is 29.7 Å². The number of carboxylic acids is 1. The second-order valence-corrected chi connectivity index (χ2v) is 11.6. The van der Waals surface area contributed by atoms with E-state index in [1.54, 1.807) is 19.2 Å². The smallest absolute Gasteiger partial charge is 0.307 e. The molecular formula is C33H33FO5. The van der Waals surface area contributed by atoms with Gasteiger partial charge in [0.05, 0.1) is 19.6 Å². The van der Waals surface area contributed by atoms with Crippen LogP contribution in [-0.2, 0) is 16.8 Å². The summed E-state index contributed by atoms with van der Waals surface area (Å²) in [7, 11) is 1.58. The number of methoxy groups -OCH3 is 1. The summed E-state index contributed by atoms with van der Waals surface area (Å²) < 4.78 is 32.5. The van der Waals surface area contributed by atoms with E-state index in [2.05, 4.69) is 26.0 Å². The molecule has 1 heterocycles. The average Bonchev–Trinajstić information content (AvgIpc) is 3.54. The number of fused-ring (bicyclic) bond motifs is 2. The molecule has 1 spiro atoms. The van der Waals surface area contributed by atoms with Crippen LogP contribution in [-0.4, -0.2) is 24.8 Å². The normalized spacial score (nSPS) is 22.6. The summed E-state index contributed by atoms with van der Waals surface area (Å²) in [4.78, 5) is 11.7. The SMILES string of the molecule is COc1ccc(F)c(-c2ccc(COc3ccc4c(c3)[C@@]3(CCO4)C[C@H]3C(=O)O)cc2C2=CCCC2(C)C)c1. The van der Waals surface area contributed by atoms with Crippen molar-refractivity contribution in [2.75, 3.05) is 13.7 Å². The first-order chi connectivity index (χ1) is 18.7. The van der Waals surface area contributed by atoms with E-state index in [9.17, 15) is 9.90 Å². The van der Waals surface area contributed by atoms with Crippen LogP contribution in [0.5, 0.6) is 17.2 Å². The van der Waals surface area contributed by atoms with Crippen molar-refractivity contribution < 1.29 is 28.5 Å². The Balaban J connectivity index is 1.32. The van der Waals surface area contributed by atoms with Crippen LogP contribution in [0.15, 0.2) is 60.7 Å². The van der Waals surface area contributed by atoms with E-state index in [1.807, 2.05) is 30.3 Å². The highest BCUT2D eigenvalue weighted by atomic mass is 19.1. The molecule has 6 rings (SSSR count). The molecule has 1 N–H and O–H groups in total. The third-order valence-corrected chi connectivity index (χ3v) is 8.76. The van der Waals surface area contributed by atoms with Gasteiger partial charge in [0.25, 0.3) is 0 Å². The lowest BCUT2D eigenvalue weighted by Gasteiger charge is -2.27. The number of rotatable bonds is 7. The van der Waals surface area contributed by atoms with Crippen LogP contribution in [0.2, 0.25) is 0 Å². The zero-order valence-electron chi connectivity index (χ0n) is 22.6. The van der Waals surface area contributed by atoms with Crippen LogP contribution in [0.3, 0.4) is 0 Å². The van der Waals surface area contributed by atoms with Gasteiger partial charge in [0.15, 0.2) is 0 Å². The lowest BCUT2D eigenvalue weighted by atomic mass is 9.79. The van der Waals surface area contributed by atoms with E-state index in [4.69, 9.17) is 14.2 Å². The van der Waals surface area contributed by atoms with Crippen LogP contribution in [0.4, 0.5) is 4.39 Å². The minimum absolute atomic E-state index is 0.0265. The fourth-order valence-electron chi connectivity index (χ4n) is 6.40. The van der Waals surface area contributed by atoms with Gasteiger partial charge < -0.3 is 19.3 Å². The Bertz CT molecular complexity index is 1490.